The molecule has 0 aliphatic rings. The van der Waals surface area contributed by atoms with E-state index in [1.54, 1.807) is 36.9 Å². The number of halogens is 2. The molecule has 2 aromatic carbocycles. The number of hydrogen-bond donors (Lipinski definition) is 0. The highest BCUT2D eigenvalue weighted by Gasteiger charge is 2.15. The van der Waals surface area contributed by atoms with Gasteiger partial charge in [0.2, 0.25) is 0 Å². The average Bonchev–Trinajstić information content (AvgIpc) is 3.20. The second-order valence-electron chi connectivity index (χ2n) is 5.35. The van der Waals surface area contributed by atoms with E-state index in [2.05, 4.69) is 31.9 Å². The van der Waals surface area contributed by atoms with Gasteiger partial charge in [-0.2, -0.15) is 0 Å². The molecule has 0 bridgehead atoms. The molecule has 0 saturated heterocycles. The topological polar surface area (TPSA) is 44.2 Å². The average molecular weight is 512 g/mol. The van der Waals surface area contributed by atoms with Crippen LogP contribution in [0.5, 0.6) is 11.5 Å². The molecule has 0 spiro atoms. The van der Waals surface area contributed by atoms with Crippen molar-refractivity contribution in [3.8, 4) is 32.6 Å². The molecule has 4 aromatic rings. The normalized spacial score (nSPS) is 11.1. The highest BCUT2D eigenvalue weighted by molar-refractivity contribution is 9.10. The second-order valence-corrected chi connectivity index (χ2v) is 9.01. The summed E-state index contributed by atoms with van der Waals surface area (Å²) in [6.45, 7) is 0. The van der Waals surface area contributed by atoms with E-state index in [9.17, 15) is 0 Å². The van der Waals surface area contributed by atoms with Crippen LogP contribution >= 0.6 is 54.5 Å². The van der Waals surface area contributed by atoms with Gasteiger partial charge in [0.1, 0.15) is 21.5 Å². The summed E-state index contributed by atoms with van der Waals surface area (Å²) in [5.74, 6) is 1.61. The lowest BCUT2D eigenvalue weighted by Gasteiger charge is -2.04. The summed E-state index contributed by atoms with van der Waals surface area (Å²) < 4.78 is 12.4. The van der Waals surface area contributed by atoms with Crippen molar-refractivity contribution in [2.45, 2.75) is 0 Å². The third-order valence-corrected chi connectivity index (χ3v) is 7.14. The smallest absolute Gasteiger partial charge is 0.155 e. The van der Waals surface area contributed by atoms with Gasteiger partial charge in [-0.1, -0.05) is 22.7 Å². The van der Waals surface area contributed by atoms with E-state index in [0.717, 1.165) is 51.2 Å². The monoisotopic (exact) mass is 510 g/mol. The zero-order chi connectivity index (χ0) is 18.3. The van der Waals surface area contributed by atoms with Gasteiger partial charge in [-0.25, -0.2) is 9.97 Å². The maximum atomic E-state index is 5.28. The zero-order valence-corrected chi connectivity index (χ0v) is 18.6. The quantitative estimate of drug-likeness (QED) is 0.308. The van der Waals surface area contributed by atoms with Crippen LogP contribution in [0.3, 0.4) is 0 Å². The predicted molar refractivity (Wildman–Crippen MR) is 115 cm³/mol. The third-order valence-electron chi connectivity index (χ3n) is 3.77. The van der Waals surface area contributed by atoms with Crippen molar-refractivity contribution in [3.63, 3.8) is 0 Å². The molecule has 2 heterocycles. The van der Waals surface area contributed by atoms with Gasteiger partial charge < -0.3 is 9.47 Å². The van der Waals surface area contributed by atoms with Crippen molar-refractivity contribution < 1.29 is 9.47 Å². The van der Waals surface area contributed by atoms with Gasteiger partial charge in [-0.15, -0.1) is 0 Å². The van der Waals surface area contributed by atoms with E-state index in [0.29, 0.717) is 0 Å². The van der Waals surface area contributed by atoms with Gasteiger partial charge in [-0.05, 0) is 68.3 Å². The number of aromatic nitrogens is 2. The van der Waals surface area contributed by atoms with E-state index in [1.165, 1.54) is 0 Å². The number of benzene rings is 2. The predicted octanol–water partition coefficient (Wildman–Crippen LogP) is 6.63. The van der Waals surface area contributed by atoms with Crippen molar-refractivity contribution in [1.29, 1.82) is 0 Å². The lowest BCUT2D eigenvalue weighted by molar-refractivity contribution is 0.412. The summed E-state index contributed by atoms with van der Waals surface area (Å²) in [5, 5.41) is 1.90. The minimum atomic E-state index is 0.803. The SMILES string of the molecule is COc1ccc(-c2nc3sc(-c4ccc(OC)c(Br)c4)nc3s2)cc1Br. The van der Waals surface area contributed by atoms with Crippen molar-refractivity contribution in [3.05, 3.63) is 45.3 Å². The Morgan fingerprint density at radius 1 is 0.731 bits per heavy atom. The Morgan fingerprint density at radius 3 is 1.50 bits per heavy atom. The zero-order valence-electron chi connectivity index (χ0n) is 13.7. The number of thiazole rings is 2. The first-order valence-electron chi connectivity index (χ1n) is 7.54. The molecular formula is C18H12Br2N2O2S2. The van der Waals surface area contributed by atoms with Crippen LogP contribution in [0, 0.1) is 0 Å². The number of rotatable bonds is 4. The molecule has 0 amide bonds. The Bertz CT molecular complexity index is 993. The summed E-state index contributed by atoms with van der Waals surface area (Å²) in [6.07, 6.45) is 0. The van der Waals surface area contributed by atoms with Crippen LogP contribution in [0.15, 0.2) is 45.3 Å². The maximum Gasteiger partial charge on any atom is 0.155 e. The Kier molecular flexibility index (Phi) is 5.00. The molecule has 0 N–H and O–H groups in total. The Hall–Kier alpha value is -1.48. The maximum absolute atomic E-state index is 5.28. The summed E-state index contributed by atoms with van der Waals surface area (Å²) in [7, 11) is 3.31. The van der Waals surface area contributed by atoms with Crippen LogP contribution in [0.1, 0.15) is 0 Å². The minimum absolute atomic E-state index is 0.803. The van der Waals surface area contributed by atoms with Gasteiger partial charge in [0.15, 0.2) is 9.66 Å². The molecule has 8 heteroatoms. The molecule has 0 radical (unpaired) electrons. The Morgan fingerprint density at radius 2 is 1.15 bits per heavy atom. The number of ether oxygens (including phenoxy) is 2. The molecule has 4 rings (SSSR count). The molecule has 4 nitrogen and oxygen atoms in total. The third kappa shape index (κ3) is 3.26. The van der Waals surface area contributed by atoms with Crippen LogP contribution in [-0.4, -0.2) is 24.2 Å². The number of nitrogens with zero attached hydrogens (tertiary/aromatic N) is 2. The molecular weight excluding hydrogens is 500 g/mol. The molecule has 132 valence electrons. The Labute approximate surface area is 175 Å². The van der Waals surface area contributed by atoms with E-state index in [1.807, 2.05) is 36.4 Å². The van der Waals surface area contributed by atoms with E-state index in [4.69, 9.17) is 19.4 Å². The van der Waals surface area contributed by atoms with Gasteiger partial charge in [-0.3, -0.25) is 0 Å². The largest absolute Gasteiger partial charge is 0.496 e. The molecule has 0 saturated carbocycles. The molecule has 2 aromatic heterocycles. The van der Waals surface area contributed by atoms with Crippen molar-refractivity contribution in [2.24, 2.45) is 0 Å². The highest BCUT2D eigenvalue weighted by Crippen LogP contribution is 2.39. The summed E-state index contributed by atoms with van der Waals surface area (Å²) in [5.41, 5.74) is 2.09. The fourth-order valence-electron chi connectivity index (χ4n) is 2.49. The Balaban J connectivity index is 1.69. The summed E-state index contributed by atoms with van der Waals surface area (Å²) in [4.78, 5) is 11.4. The molecule has 0 aliphatic heterocycles. The van der Waals surface area contributed by atoms with Gasteiger partial charge >= 0.3 is 0 Å². The van der Waals surface area contributed by atoms with Crippen molar-refractivity contribution >= 4 is 64.2 Å². The van der Waals surface area contributed by atoms with Crippen LogP contribution in [-0.2, 0) is 0 Å². The lowest BCUT2D eigenvalue weighted by Crippen LogP contribution is -1.85. The first-order valence-corrected chi connectivity index (χ1v) is 10.8. The second kappa shape index (κ2) is 7.26. The highest BCUT2D eigenvalue weighted by atomic mass is 79.9. The number of methoxy groups -OCH3 is 2. The van der Waals surface area contributed by atoms with Crippen LogP contribution < -0.4 is 9.47 Å². The number of hydrogen-bond acceptors (Lipinski definition) is 6. The first kappa shape index (κ1) is 17.9. The molecule has 26 heavy (non-hydrogen) atoms. The number of fused-ring (bicyclic) bond motifs is 1. The molecule has 0 atom stereocenters. The van der Waals surface area contributed by atoms with Crippen LogP contribution in [0.4, 0.5) is 0 Å². The van der Waals surface area contributed by atoms with Crippen LogP contribution in [0.2, 0.25) is 0 Å². The van der Waals surface area contributed by atoms with Gasteiger partial charge in [0.25, 0.3) is 0 Å². The van der Waals surface area contributed by atoms with E-state index in [-0.39, 0.29) is 0 Å². The van der Waals surface area contributed by atoms with E-state index < -0.39 is 0 Å². The van der Waals surface area contributed by atoms with Gasteiger partial charge in [0.05, 0.1) is 23.2 Å². The van der Waals surface area contributed by atoms with Crippen molar-refractivity contribution in [1.82, 2.24) is 9.97 Å². The summed E-state index contributed by atoms with van der Waals surface area (Å²) in [6, 6.07) is 11.9. The lowest BCUT2D eigenvalue weighted by atomic mass is 10.2. The molecule has 0 aliphatic carbocycles. The fourth-order valence-corrected chi connectivity index (χ4v) is 5.60. The molecule has 0 fully saturated rings. The van der Waals surface area contributed by atoms with Crippen LogP contribution in [0.25, 0.3) is 30.8 Å². The summed E-state index contributed by atoms with van der Waals surface area (Å²) >= 11 is 10.2. The van der Waals surface area contributed by atoms with Crippen molar-refractivity contribution in [2.75, 3.05) is 14.2 Å². The minimum Gasteiger partial charge on any atom is -0.496 e. The molecule has 0 unspecified atom stereocenters. The fraction of sp³-hybridized carbons (Fsp3) is 0.111. The first-order chi connectivity index (χ1) is 12.6. The standard InChI is InChI=1S/C18H12Br2N2O2S2/c1-23-13-5-3-9(7-11(13)19)15-21-17-18(25-15)22-16(26-17)10-4-6-14(24-2)12(20)8-10/h3-8H,1-2H3. The van der Waals surface area contributed by atoms with E-state index >= 15 is 0 Å². The van der Waals surface area contributed by atoms with Gasteiger partial charge in [0, 0.05) is 11.1 Å².